The molecule has 2 atom stereocenters. The third kappa shape index (κ3) is 1.89. The summed E-state index contributed by atoms with van der Waals surface area (Å²) in [5, 5.41) is 27.0. The van der Waals surface area contributed by atoms with Crippen LogP contribution >= 0.6 is 0 Å². The second-order valence-corrected chi connectivity index (χ2v) is 3.39. The van der Waals surface area contributed by atoms with Gasteiger partial charge in [0.05, 0.1) is 6.10 Å². The van der Waals surface area contributed by atoms with E-state index in [0.717, 1.165) is 5.57 Å². The first-order chi connectivity index (χ1) is 6.07. The van der Waals surface area contributed by atoms with Gasteiger partial charge in [0.1, 0.15) is 0 Å². The van der Waals surface area contributed by atoms with Crippen molar-refractivity contribution in [2.45, 2.75) is 25.9 Å². The first-order valence-electron chi connectivity index (χ1n) is 4.29. The Kier molecular flexibility index (Phi) is 3.06. The zero-order valence-electron chi connectivity index (χ0n) is 7.53. The second-order valence-electron chi connectivity index (χ2n) is 3.39. The third-order valence-electron chi connectivity index (χ3n) is 2.48. The van der Waals surface area contributed by atoms with E-state index in [2.05, 4.69) is 0 Å². The molecule has 1 rings (SSSR count). The highest BCUT2D eigenvalue weighted by Gasteiger charge is 2.34. The van der Waals surface area contributed by atoms with Crippen LogP contribution in [0.3, 0.4) is 0 Å². The van der Waals surface area contributed by atoms with Gasteiger partial charge in [0.25, 0.3) is 0 Å². The Hall–Kier alpha value is -0.870. The Labute approximate surface area is 76.5 Å². The lowest BCUT2D eigenvalue weighted by Crippen LogP contribution is -2.21. The maximum Gasteiger partial charge on any atom is 0.331 e. The Balaban J connectivity index is 2.85. The van der Waals surface area contributed by atoms with E-state index in [1.165, 1.54) is 0 Å². The molecule has 3 N–H and O–H groups in total. The molecule has 0 aromatic carbocycles. The molecular formula is C9H14O4. The minimum Gasteiger partial charge on any atom is -0.478 e. The molecule has 13 heavy (non-hydrogen) atoms. The number of aliphatic hydroxyl groups is 2. The van der Waals surface area contributed by atoms with Gasteiger partial charge in [0.15, 0.2) is 0 Å². The Morgan fingerprint density at radius 3 is 2.69 bits per heavy atom. The van der Waals surface area contributed by atoms with E-state index in [1.807, 2.05) is 0 Å². The van der Waals surface area contributed by atoms with Gasteiger partial charge in [-0.05, 0) is 19.8 Å². The highest BCUT2D eigenvalue weighted by Crippen LogP contribution is 2.34. The summed E-state index contributed by atoms with van der Waals surface area (Å²) in [6.07, 6.45) is 0.0881. The van der Waals surface area contributed by atoms with Crippen LogP contribution in [0.2, 0.25) is 0 Å². The van der Waals surface area contributed by atoms with Crippen LogP contribution in [0.25, 0.3) is 0 Å². The predicted molar refractivity (Wildman–Crippen MR) is 46.2 cm³/mol. The Morgan fingerprint density at radius 2 is 2.23 bits per heavy atom. The number of hydrogen-bond donors (Lipinski definition) is 3. The van der Waals surface area contributed by atoms with Crippen LogP contribution < -0.4 is 0 Å². The zero-order valence-corrected chi connectivity index (χ0v) is 7.53. The van der Waals surface area contributed by atoms with Crippen molar-refractivity contribution in [2.24, 2.45) is 5.92 Å². The molecule has 1 aliphatic rings. The zero-order chi connectivity index (χ0) is 10.0. The molecule has 4 nitrogen and oxygen atoms in total. The molecule has 0 amide bonds. The van der Waals surface area contributed by atoms with Crippen molar-refractivity contribution in [2.75, 3.05) is 6.61 Å². The molecular weight excluding hydrogens is 172 g/mol. The lowest BCUT2D eigenvalue weighted by atomic mass is 9.96. The second kappa shape index (κ2) is 3.89. The molecule has 0 spiro atoms. The number of aliphatic carboxylic acids is 1. The van der Waals surface area contributed by atoms with Crippen LogP contribution in [0.4, 0.5) is 0 Å². The van der Waals surface area contributed by atoms with Crippen molar-refractivity contribution in [1.82, 2.24) is 0 Å². The molecule has 0 aromatic rings. The number of carboxylic acid groups (broad SMARTS) is 1. The van der Waals surface area contributed by atoms with E-state index >= 15 is 0 Å². The molecule has 0 bridgehead atoms. The van der Waals surface area contributed by atoms with E-state index in [9.17, 15) is 9.90 Å². The molecule has 1 aliphatic carbocycles. The summed E-state index contributed by atoms with van der Waals surface area (Å²) >= 11 is 0. The fraction of sp³-hybridized carbons (Fsp3) is 0.667. The maximum atomic E-state index is 10.8. The van der Waals surface area contributed by atoms with Crippen LogP contribution in [0, 0.1) is 5.92 Å². The average Bonchev–Trinajstić information content (AvgIpc) is 2.27. The molecule has 0 radical (unpaired) electrons. The molecule has 0 heterocycles. The molecule has 0 aromatic heterocycles. The van der Waals surface area contributed by atoms with Crippen LogP contribution in [-0.2, 0) is 4.79 Å². The average molecular weight is 186 g/mol. The summed E-state index contributed by atoms with van der Waals surface area (Å²) in [6, 6.07) is 0. The highest BCUT2D eigenvalue weighted by atomic mass is 16.4. The first-order valence-corrected chi connectivity index (χ1v) is 4.29. The molecule has 2 unspecified atom stereocenters. The molecule has 0 aliphatic heterocycles. The van der Waals surface area contributed by atoms with Gasteiger partial charge in [-0.3, -0.25) is 0 Å². The van der Waals surface area contributed by atoms with E-state index < -0.39 is 18.0 Å². The maximum absolute atomic E-state index is 10.8. The monoisotopic (exact) mass is 186 g/mol. The smallest absolute Gasteiger partial charge is 0.331 e. The van der Waals surface area contributed by atoms with Crippen LogP contribution in [-0.4, -0.2) is 34.0 Å². The number of hydrogen-bond acceptors (Lipinski definition) is 3. The fourth-order valence-corrected chi connectivity index (χ4v) is 1.89. The van der Waals surface area contributed by atoms with Crippen molar-refractivity contribution in [1.29, 1.82) is 0 Å². The largest absolute Gasteiger partial charge is 0.478 e. The fourth-order valence-electron chi connectivity index (χ4n) is 1.89. The topological polar surface area (TPSA) is 77.8 Å². The summed E-state index contributed by atoms with van der Waals surface area (Å²) < 4.78 is 0. The number of carboxylic acids is 1. The predicted octanol–water partition coefficient (Wildman–Crippen LogP) is 0.151. The van der Waals surface area contributed by atoms with Gasteiger partial charge >= 0.3 is 5.97 Å². The van der Waals surface area contributed by atoms with Gasteiger partial charge in [-0.25, -0.2) is 4.79 Å². The van der Waals surface area contributed by atoms with Crippen LogP contribution in [0.5, 0.6) is 0 Å². The summed E-state index contributed by atoms with van der Waals surface area (Å²) in [5.74, 6) is -1.38. The van der Waals surface area contributed by atoms with E-state index in [0.29, 0.717) is 12.8 Å². The first kappa shape index (κ1) is 10.2. The van der Waals surface area contributed by atoms with Gasteiger partial charge in [0.2, 0.25) is 0 Å². The minimum absolute atomic E-state index is 0.0915. The number of rotatable bonds is 3. The summed E-state index contributed by atoms with van der Waals surface area (Å²) in [6.45, 7) is 1.62. The van der Waals surface area contributed by atoms with E-state index in [4.69, 9.17) is 10.2 Å². The molecule has 74 valence electrons. The van der Waals surface area contributed by atoms with E-state index in [1.54, 1.807) is 6.92 Å². The van der Waals surface area contributed by atoms with Crippen molar-refractivity contribution >= 4 is 5.97 Å². The summed E-state index contributed by atoms with van der Waals surface area (Å²) in [5.41, 5.74) is 1.00. The third-order valence-corrected chi connectivity index (χ3v) is 2.48. The van der Waals surface area contributed by atoms with Crippen molar-refractivity contribution in [3.8, 4) is 0 Å². The van der Waals surface area contributed by atoms with Crippen molar-refractivity contribution in [3.05, 3.63) is 11.1 Å². The summed E-state index contributed by atoms with van der Waals surface area (Å²) in [7, 11) is 0. The Bertz CT molecular complexity index is 244. The van der Waals surface area contributed by atoms with Gasteiger partial charge in [-0.1, -0.05) is 5.57 Å². The van der Waals surface area contributed by atoms with Crippen LogP contribution in [0.1, 0.15) is 19.8 Å². The van der Waals surface area contributed by atoms with Crippen molar-refractivity contribution < 1.29 is 20.1 Å². The van der Waals surface area contributed by atoms with Gasteiger partial charge < -0.3 is 15.3 Å². The molecule has 0 saturated heterocycles. The molecule has 0 fully saturated rings. The van der Waals surface area contributed by atoms with Gasteiger partial charge in [0, 0.05) is 18.1 Å². The summed E-state index contributed by atoms with van der Waals surface area (Å²) in [4.78, 5) is 10.8. The molecule has 0 saturated carbocycles. The highest BCUT2D eigenvalue weighted by molar-refractivity contribution is 5.89. The van der Waals surface area contributed by atoms with Crippen molar-refractivity contribution in [3.63, 3.8) is 0 Å². The lowest BCUT2D eigenvalue weighted by Gasteiger charge is -2.14. The standard InChI is InChI=1S/C9H14O4/c1-5-4-7(11)6(2-3-10)8(5)9(12)13/h6-7,10-11H,2-4H2,1H3,(H,12,13). The van der Waals surface area contributed by atoms with E-state index in [-0.39, 0.29) is 12.2 Å². The number of aliphatic hydroxyl groups excluding tert-OH is 2. The van der Waals surface area contributed by atoms with Gasteiger partial charge in [-0.2, -0.15) is 0 Å². The molecule has 4 heteroatoms. The van der Waals surface area contributed by atoms with Crippen LogP contribution in [0.15, 0.2) is 11.1 Å². The van der Waals surface area contributed by atoms with Gasteiger partial charge in [-0.15, -0.1) is 0 Å². The number of carbonyl (C=O) groups is 1. The lowest BCUT2D eigenvalue weighted by molar-refractivity contribution is -0.133. The SMILES string of the molecule is CC1=C(C(=O)O)C(CCO)C(O)C1. The Morgan fingerprint density at radius 1 is 1.62 bits per heavy atom. The quantitative estimate of drug-likeness (QED) is 0.586. The minimum atomic E-state index is -0.979. The normalized spacial score (nSPS) is 28.2.